The molecule has 0 saturated carbocycles. The number of aliphatic hydroxyl groups is 1. The molecule has 17 heavy (non-hydrogen) atoms. The van der Waals surface area contributed by atoms with Gasteiger partial charge in [-0.3, -0.25) is 4.90 Å². The Morgan fingerprint density at radius 3 is 3.12 bits per heavy atom. The van der Waals surface area contributed by atoms with E-state index in [9.17, 15) is 5.11 Å². The first-order valence-corrected chi connectivity index (χ1v) is 6.04. The molecule has 0 aromatic carbocycles. The third-order valence-electron chi connectivity index (χ3n) is 3.20. The van der Waals surface area contributed by atoms with Crippen LogP contribution in [0.25, 0.3) is 0 Å². The summed E-state index contributed by atoms with van der Waals surface area (Å²) in [5.74, 6) is 0. The van der Waals surface area contributed by atoms with Crippen LogP contribution >= 0.6 is 0 Å². The van der Waals surface area contributed by atoms with Gasteiger partial charge in [-0.25, -0.2) is 0 Å². The van der Waals surface area contributed by atoms with E-state index in [4.69, 9.17) is 0 Å². The minimum atomic E-state index is -0.846. The fourth-order valence-electron chi connectivity index (χ4n) is 2.23. The molecule has 1 aromatic heterocycles. The first-order chi connectivity index (χ1) is 8.10. The Morgan fingerprint density at radius 1 is 1.65 bits per heavy atom. The number of hydrogen-bond donors (Lipinski definition) is 2. The van der Waals surface area contributed by atoms with Gasteiger partial charge in [0.2, 0.25) is 0 Å². The predicted molar refractivity (Wildman–Crippen MR) is 65.4 cm³/mol. The van der Waals surface area contributed by atoms with Gasteiger partial charge >= 0.3 is 0 Å². The van der Waals surface area contributed by atoms with Gasteiger partial charge in [0.05, 0.1) is 6.20 Å². The van der Waals surface area contributed by atoms with Gasteiger partial charge in [0, 0.05) is 13.1 Å². The zero-order chi connectivity index (χ0) is 12.3. The standard InChI is InChI=1S/C12H20N4O/c1-10(2)4-7-16-6-3-5-12(17,9-16)11-8-13-15-14-11/h4,8,17H,3,5-7,9H2,1-2H3,(H,13,14,15). The molecular weight excluding hydrogens is 216 g/mol. The van der Waals surface area contributed by atoms with E-state index in [-0.39, 0.29) is 0 Å². The normalized spacial score (nSPS) is 25.8. The molecule has 1 atom stereocenters. The van der Waals surface area contributed by atoms with Crippen molar-refractivity contribution in [2.75, 3.05) is 19.6 Å². The fourth-order valence-corrected chi connectivity index (χ4v) is 2.23. The van der Waals surface area contributed by atoms with Gasteiger partial charge in [-0.15, -0.1) is 0 Å². The Balaban J connectivity index is 2.04. The molecular formula is C12H20N4O. The first-order valence-electron chi connectivity index (χ1n) is 6.04. The Morgan fingerprint density at radius 2 is 2.47 bits per heavy atom. The zero-order valence-corrected chi connectivity index (χ0v) is 10.5. The number of nitrogens with one attached hydrogen (secondary N) is 1. The molecule has 94 valence electrons. The molecule has 1 aliphatic rings. The van der Waals surface area contributed by atoms with Crippen LogP contribution < -0.4 is 0 Å². The van der Waals surface area contributed by atoms with E-state index in [0.717, 1.165) is 25.9 Å². The summed E-state index contributed by atoms with van der Waals surface area (Å²) in [6.45, 7) is 6.73. The van der Waals surface area contributed by atoms with Crippen LogP contribution in [0.5, 0.6) is 0 Å². The van der Waals surface area contributed by atoms with Crippen molar-refractivity contribution in [2.24, 2.45) is 0 Å². The summed E-state index contributed by atoms with van der Waals surface area (Å²) in [5.41, 5.74) is 1.11. The summed E-state index contributed by atoms with van der Waals surface area (Å²) in [6.07, 6.45) is 5.55. The van der Waals surface area contributed by atoms with Gasteiger partial charge < -0.3 is 5.11 Å². The Labute approximate surface area is 102 Å². The van der Waals surface area contributed by atoms with Crippen LogP contribution in [0.2, 0.25) is 0 Å². The number of hydrogen-bond acceptors (Lipinski definition) is 4. The predicted octanol–water partition coefficient (Wildman–Crippen LogP) is 1.05. The van der Waals surface area contributed by atoms with Gasteiger partial charge in [0.15, 0.2) is 0 Å². The third kappa shape index (κ3) is 2.92. The van der Waals surface area contributed by atoms with Crippen LogP contribution in [0.3, 0.4) is 0 Å². The second-order valence-electron chi connectivity index (χ2n) is 5.01. The zero-order valence-electron chi connectivity index (χ0n) is 10.5. The highest BCUT2D eigenvalue weighted by atomic mass is 16.3. The van der Waals surface area contributed by atoms with E-state index in [1.54, 1.807) is 6.20 Å². The van der Waals surface area contributed by atoms with Crippen LogP contribution in [-0.4, -0.2) is 45.1 Å². The van der Waals surface area contributed by atoms with Crippen LogP contribution in [0.4, 0.5) is 0 Å². The largest absolute Gasteiger partial charge is 0.382 e. The number of β-amino-alcohol motifs (C(OH)–C–C–N with tert-alkyl or cyclic N) is 1. The minimum Gasteiger partial charge on any atom is -0.382 e. The van der Waals surface area contributed by atoms with Crippen LogP contribution in [0.15, 0.2) is 17.8 Å². The SMILES string of the molecule is CC(C)=CCN1CCCC(O)(c2cn[nH]n2)C1. The van der Waals surface area contributed by atoms with E-state index in [2.05, 4.69) is 40.2 Å². The quantitative estimate of drug-likeness (QED) is 0.770. The van der Waals surface area contributed by atoms with E-state index < -0.39 is 5.60 Å². The van der Waals surface area contributed by atoms with Gasteiger partial charge in [-0.05, 0) is 33.2 Å². The Bertz CT molecular complexity index is 383. The molecule has 5 heteroatoms. The molecule has 1 fully saturated rings. The second kappa shape index (κ2) is 4.98. The number of aromatic nitrogens is 3. The highest BCUT2D eigenvalue weighted by Crippen LogP contribution is 2.29. The van der Waals surface area contributed by atoms with E-state index >= 15 is 0 Å². The summed E-state index contributed by atoms with van der Waals surface area (Å²) < 4.78 is 0. The van der Waals surface area contributed by atoms with Crippen molar-refractivity contribution in [1.82, 2.24) is 20.3 Å². The molecule has 2 rings (SSSR count). The van der Waals surface area contributed by atoms with E-state index in [1.807, 2.05) is 0 Å². The smallest absolute Gasteiger partial charge is 0.123 e. The number of allylic oxidation sites excluding steroid dienone is 1. The lowest BCUT2D eigenvalue weighted by molar-refractivity contribution is -0.0356. The Hall–Kier alpha value is -1.20. The van der Waals surface area contributed by atoms with Crippen molar-refractivity contribution in [3.63, 3.8) is 0 Å². The van der Waals surface area contributed by atoms with Gasteiger partial charge in [-0.1, -0.05) is 11.6 Å². The number of rotatable bonds is 3. The molecule has 2 heterocycles. The second-order valence-corrected chi connectivity index (χ2v) is 5.01. The number of likely N-dealkylation sites (tertiary alicyclic amines) is 1. The van der Waals surface area contributed by atoms with Gasteiger partial charge in [0.25, 0.3) is 0 Å². The first kappa shape index (κ1) is 12.3. The highest BCUT2D eigenvalue weighted by Gasteiger charge is 2.36. The van der Waals surface area contributed by atoms with Crippen molar-refractivity contribution < 1.29 is 5.11 Å². The molecule has 0 bridgehead atoms. The maximum absolute atomic E-state index is 10.6. The molecule has 0 radical (unpaired) electrons. The number of H-pyrrole nitrogens is 1. The molecule has 0 aliphatic carbocycles. The summed E-state index contributed by atoms with van der Waals surface area (Å²) in [5, 5.41) is 20.9. The maximum Gasteiger partial charge on any atom is 0.123 e. The monoisotopic (exact) mass is 236 g/mol. The number of aromatic amines is 1. The lowest BCUT2D eigenvalue weighted by Gasteiger charge is -2.37. The highest BCUT2D eigenvalue weighted by molar-refractivity contribution is 5.09. The summed E-state index contributed by atoms with van der Waals surface area (Å²) in [6, 6.07) is 0. The minimum absolute atomic E-state index is 0.628. The number of piperidine rings is 1. The summed E-state index contributed by atoms with van der Waals surface area (Å²) in [4.78, 5) is 2.26. The average molecular weight is 236 g/mol. The molecule has 5 nitrogen and oxygen atoms in total. The van der Waals surface area contributed by atoms with E-state index in [1.165, 1.54) is 5.57 Å². The van der Waals surface area contributed by atoms with Crippen LogP contribution in [0, 0.1) is 0 Å². The van der Waals surface area contributed by atoms with Crippen molar-refractivity contribution in [1.29, 1.82) is 0 Å². The number of nitrogens with zero attached hydrogens (tertiary/aromatic N) is 3. The van der Waals surface area contributed by atoms with E-state index in [0.29, 0.717) is 12.2 Å². The van der Waals surface area contributed by atoms with Gasteiger partial charge in [0.1, 0.15) is 11.3 Å². The van der Waals surface area contributed by atoms with Crippen molar-refractivity contribution >= 4 is 0 Å². The fraction of sp³-hybridized carbons (Fsp3) is 0.667. The van der Waals surface area contributed by atoms with Crippen molar-refractivity contribution in [3.8, 4) is 0 Å². The molecule has 0 spiro atoms. The van der Waals surface area contributed by atoms with Crippen LogP contribution in [-0.2, 0) is 5.60 Å². The summed E-state index contributed by atoms with van der Waals surface area (Å²) in [7, 11) is 0. The maximum atomic E-state index is 10.6. The molecule has 1 unspecified atom stereocenters. The topological polar surface area (TPSA) is 65.0 Å². The van der Waals surface area contributed by atoms with Crippen molar-refractivity contribution in [3.05, 3.63) is 23.5 Å². The average Bonchev–Trinajstić information content (AvgIpc) is 2.80. The molecule has 1 saturated heterocycles. The lowest BCUT2D eigenvalue weighted by atomic mass is 9.90. The Kier molecular flexibility index (Phi) is 3.59. The third-order valence-corrected chi connectivity index (χ3v) is 3.20. The molecule has 2 N–H and O–H groups in total. The lowest BCUT2D eigenvalue weighted by Crippen LogP contribution is -2.46. The summed E-state index contributed by atoms with van der Waals surface area (Å²) >= 11 is 0. The molecule has 1 aliphatic heterocycles. The molecule has 0 amide bonds. The van der Waals surface area contributed by atoms with Crippen molar-refractivity contribution in [2.45, 2.75) is 32.3 Å². The van der Waals surface area contributed by atoms with Gasteiger partial charge in [-0.2, -0.15) is 15.4 Å². The molecule has 1 aromatic rings. The van der Waals surface area contributed by atoms with Crippen LogP contribution in [0.1, 0.15) is 32.4 Å².